The van der Waals surface area contributed by atoms with Crippen molar-refractivity contribution >= 4 is 0 Å². The van der Waals surface area contributed by atoms with E-state index in [1.54, 1.807) is 0 Å². The second-order valence-corrected chi connectivity index (χ2v) is 6.32. The van der Waals surface area contributed by atoms with E-state index in [1.165, 1.54) is 11.1 Å². The highest BCUT2D eigenvalue weighted by molar-refractivity contribution is 5.32. The molecule has 21 heavy (non-hydrogen) atoms. The van der Waals surface area contributed by atoms with Gasteiger partial charge in [0, 0.05) is 12.5 Å². The SMILES string of the molecule is CC(C)CN(C)CCC(c1ccccc1)c1ccccc1. The zero-order valence-electron chi connectivity index (χ0n) is 13.5. The lowest BCUT2D eigenvalue weighted by atomic mass is 9.88. The van der Waals surface area contributed by atoms with E-state index in [1.807, 2.05) is 0 Å². The molecule has 0 aliphatic carbocycles. The predicted octanol–water partition coefficient (Wildman–Crippen LogP) is 4.80. The molecule has 0 atom stereocenters. The van der Waals surface area contributed by atoms with Crippen LogP contribution in [0, 0.1) is 5.92 Å². The first-order valence-electron chi connectivity index (χ1n) is 7.95. The average molecular weight is 281 g/mol. The Morgan fingerprint density at radius 2 is 1.29 bits per heavy atom. The van der Waals surface area contributed by atoms with Gasteiger partial charge in [0.15, 0.2) is 0 Å². The van der Waals surface area contributed by atoms with Crippen molar-refractivity contribution in [2.75, 3.05) is 20.1 Å². The smallest absolute Gasteiger partial charge is 0.0101 e. The minimum atomic E-state index is 0.488. The van der Waals surface area contributed by atoms with Crippen molar-refractivity contribution in [3.63, 3.8) is 0 Å². The summed E-state index contributed by atoms with van der Waals surface area (Å²) in [7, 11) is 2.23. The van der Waals surface area contributed by atoms with Crippen LogP contribution in [0.25, 0.3) is 0 Å². The summed E-state index contributed by atoms with van der Waals surface area (Å²) >= 11 is 0. The second kappa shape index (κ2) is 7.99. The Morgan fingerprint density at radius 1 is 0.810 bits per heavy atom. The summed E-state index contributed by atoms with van der Waals surface area (Å²) in [5.74, 6) is 1.21. The Balaban J connectivity index is 2.10. The highest BCUT2D eigenvalue weighted by Crippen LogP contribution is 2.27. The van der Waals surface area contributed by atoms with Gasteiger partial charge in [-0.2, -0.15) is 0 Å². The molecular weight excluding hydrogens is 254 g/mol. The van der Waals surface area contributed by atoms with Gasteiger partial charge in [-0.1, -0.05) is 74.5 Å². The van der Waals surface area contributed by atoms with Gasteiger partial charge in [0.2, 0.25) is 0 Å². The Morgan fingerprint density at radius 3 is 1.71 bits per heavy atom. The minimum absolute atomic E-state index is 0.488. The summed E-state index contributed by atoms with van der Waals surface area (Å²) in [6, 6.07) is 21.8. The van der Waals surface area contributed by atoms with E-state index in [4.69, 9.17) is 0 Å². The Kier molecular flexibility index (Phi) is 6.01. The maximum atomic E-state index is 2.45. The first kappa shape index (κ1) is 15.8. The fraction of sp³-hybridized carbons (Fsp3) is 0.400. The first-order valence-corrected chi connectivity index (χ1v) is 7.95. The molecular formula is C20H27N. The zero-order valence-corrected chi connectivity index (χ0v) is 13.5. The van der Waals surface area contributed by atoms with Crippen LogP contribution in [-0.2, 0) is 0 Å². The van der Waals surface area contributed by atoms with Gasteiger partial charge < -0.3 is 4.90 Å². The van der Waals surface area contributed by atoms with Crippen LogP contribution in [0.2, 0.25) is 0 Å². The van der Waals surface area contributed by atoms with E-state index < -0.39 is 0 Å². The van der Waals surface area contributed by atoms with Crippen LogP contribution in [-0.4, -0.2) is 25.0 Å². The van der Waals surface area contributed by atoms with Crippen LogP contribution >= 0.6 is 0 Å². The molecule has 0 heterocycles. The monoisotopic (exact) mass is 281 g/mol. The van der Waals surface area contributed by atoms with Crippen molar-refractivity contribution in [2.45, 2.75) is 26.2 Å². The summed E-state index contributed by atoms with van der Waals surface area (Å²) < 4.78 is 0. The Labute approximate surface area is 129 Å². The highest BCUT2D eigenvalue weighted by Gasteiger charge is 2.14. The number of nitrogens with zero attached hydrogens (tertiary/aromatic N) is 1. The predicted molar refractivity (Wildman–Crippen MR) is 91.7 cm³/mol. The van der Waals surface area contributed by atoms with Gasteiger partial charge in [0.1, 0.15) is 0 Å². The number of hydrogen-bond donors (Lipinski definition) is 0. The molecule has 2 rings (SSSR count). The van der Waals surface area contributed by atoms with E-state index in [9.17, 15) is 0 Å². The van der Waals surface area contributed by atoms with Crippen LogP contribution < -0.4 is 0 Å². The third-order valence-electron chi connectivity index (χ3n) is 3.88. The normalized spacial score (nSPS) is 11.5. The molecule has 0 amide bonds. The van der Waals surface area contributed by atoms with Crippen LogP contribution in [0.4, 0.5) is 0 Å². The van der Waals surface area contributed by atoms with Crippen molar-refractivity contribution in [3.8, 4) is 0 Å². The first-order chi connectivity index (χ1) is 10.2. The summed E-state index contributed by atoms with van der Waals surface area (Å²) in [6.07, 6.45) is 1.16. The molecule has 0 saturated heterocycles. The van der Waals surface area contributed by atoms with Crippen LogP contribution in [0.5, 0.6) is 0 Å². The van der Waals surface area contributed by atoms with Crippen molar-refractivity contribution in [3.05, 3.63) is 71.8 Å². The molecule has 1 heteroatoms. The van der Waals surface area contributed by atoms with E-state index in [0.29, 0.717) is 5.92 Å². The molecule has 0 radical (unpaired) electrons. The van der Waals surface area contributed by atoms with Crippen molar-refractivity contribution in [1.29, 1.82) is 0 Å². The molecule has 0 aliphatic heterocycles. The van der Waals surface area contributed by atoms with E-state index in [2.05, 4.69) is 86.5 Å². The van der Waals surface area contributed by atoms with Gasteiger partial charge in [-0.3, -0.25) is 0 Å². The van der Waals surface area contributed by atoms with Gasteiger partial charge in [0.05, 0.1) is 0 Å². The molecule has 0 unspecified atom stereocenters. The molecule has 0 bridgehead atoms. The standard InChI is InChI=1S/C20H27N/c1-17(2)16-21(3)15-14-20(18-10-6-4-7-11-18)19-12-8-5-9-13-19/h4-13,17,20H,14-16H2,1-3H3. The van der Waals surface area contributed by atoms with Gasteiger partial charge >= 0.3 is 0 Å². The largest absolute Gasteiger partial charge is 0.306 e. The Bertz CT molecular complexity index is 464. The second-order valence-electron chi connectivity index (χ2n) is 6.32. The lowest BCUT2D eigenvalue weighted by molar-refractivity contribution is 0.288. The minimum Gasteiger partial charge on any atom is -0.306 e. The average Bonchev–Trinajstić information content (AvgIpc) is 2.49. The van der Waals surface area contributed by atoms with Crippen molar-refractivity contribution in [2.24, 2.45) is 5.92 Å². The summed E-state index contributed by atoms with van der Waals surface area (Å²) in [4.78, 5) is 2.45. The molecule has 1 nitrogen and oxygen atoms in total. The lowest BCUT2D eigenvalue weighted by Gasteiger charge is -2.23. The van der Waals surface area contributed by atoms with Gasteiger partial charge in [-0.25, -0.2) is 0 Å². The van der Waals surface area contributed by atoms with Gasteiger partial charge in [-0.05, 0) is 37.1 Å². The third kappa shape index (κ3) is 5.02. The third-order valence-corrected chi connectivity index (χ3v) is 3.88. The van der Waals surface area contributed by atoms with E-state index >= 15 is 0 Å². The molecule has 0 aromatic heterocycles. The van der Waals surface area contributed by atoms with Crippen molar-refractivity contribution < 1.29 is 0 Å². The Hall–Kier alpha value is -1.60. The van der Waals surface area contributed by atoms with Crippen LogP contribution in [0.3, 0.4) is 0 Å². The topological polar surface area (TPSA) is 3.24 Å². The maximum Gasteiger partial charge on any atom is 0.0101 e. The molecule has 0 fully saturated rings. The van der Waals surface area contributed by atoms with Crippen LogP contribution in [0.15, 0.2) is 60.7 Å². The zero-order chi connectivity index (χ0) is 15.1. The van der Waals surface area contributed by atoms with Gasteiger partial charge in [-0.15, -0.1) is 0 Å². The number of hydrogen-bond acceptors (Lipinski definition) is 1. The van der Waals surface area contributed by atoms with E-state index in [-0.39, 0.29) is 0 Å². The number of rotatable bonds is 7. The maximum absolute atomic E-state index is 2.45. The summed E-state index contributed by atoms with van der Waals surface area (Å²) in [5.41, 5.74) is 2.84. The lowest BCUT2D eigenvalue weighted by Crippen LogP contribution is -2.25. The van der Waals surface area contributed by atoms with Crippen LogP contribution in [0.1, 0.15) is 37.3 Å². The summed E-state index contributed by atoms with van der Waals surface area (Å²) in [6.45, 7) is 6.85. The summed E-state index contributed by atoms with van der Waals surface area (Å²) in [5, 5.41) is 0. The molecule has 2 aromatic rings. The molecule has 0 N–H and O–H groups in total. The molecule has 2 aromatic carbocycles. The quantitative estimate of drug-likeness (QED) is 0.705. The fourth-order valence-corrected chi connectivity index (χ4v) is 2.96. The molecule has 112 valence electrons. The highest BCUT2D eigenvalue weighted by atomic mass is 15.1. The fourth-order valence-electron chi connectivity index (χ4n) is 2.96. The van der Waals surface area contributed by atoms with Crippen molar-refractivity contribution in [1.82, 2.24) is 4.90 Å². The molecule has 0 spiro atoms. The number of benzene rings is 2. The molecule has 0 saturated carbocycles. The van der Waals surface area contributed by atoms with Gasteiger partial charge in [0.25, 0.3) is 0 Å². The molecule has 0 aliphatic rings. The van der Waals surface area contributed by atoms with E-state index in [0.717, 1.165) is 25.4 Å².